The average molecular weight is 367 g/mol. The molecule has 144 valence electrons. The number of methoxy groups -OCH3 is 1. The number of nitrogens with one attached hydrogen (secondary N) is 1. The van der Waals surface area contributed by atoms with Crippen LogP contribution in [0, 0.1) is 6.92 Å². The molecule has 1 aliphatic heterocycles. The van der Waals surface area contributed by atoms with Crippen LogP contribution in [0.25, 0.3) is 0 Å². The fraction of sp³-hybridized carbons (Fsp3) is 0.409. The molecular weight excluding hydrogens is 338 g/mol. The number of carbonyl (C=O) groups excluding carboxylic acids is 1. The summed E-state index contributed by atoms with van der Waals surface area (Å²) in [4.78, 5) is 17.0. The summed E-state index contributed by atoms with van der Waals surface area (Å²) in [7, 11) is 1.63. The third kappa shape index (κ3) is 5.47. The average Bonchev–Trinajstić information content (AvgIpc) is 2.69. The molecule has 0 atom stereocenters. The molecular formula is C22H29N3O2. The number of benzene rings is 2. The first kappa shape index (κ1) is 19.2. The number of ether oxygens (including phenoxy) is 1. The molecule has 1 N–H and O–H groups in total. The number of rotatable bonds is 7. The molecule has 0 aliphatic carbocycles. The van der Waals surface area contributed by atoms with Crippen LogP contribution in [0.2, 0.25) is 0 Å². The maximum absolute atomic E-state index is 12.2. The number of hydrogen-bond donors (Lipinski definition) is 1. The van der Waals surface area contributed by atoms with Gasteiger partial charge in [-0.25, -0.2) is 0 Å². The van der Waals surface area contributed by atoms with Crippen LogP contribution >= 0.6 is 0 Å². The van der Waals surface area contributed by atoms with E-state index >= 15 is 0 Å². The van der Waals surface area contributed by atoms with Crippen molar-refractivity contribution < 1.29 is 9.53 Å². The van der Waals surface area contributed by atoms with Crippen molar-refractivity contribution in [3.63, 3.8) is 0 Å². The van der Waals surface area contributed by atoms with Crippen molar-refractivity contribution in [2.75, 3.05) is 51.3 Å². The summed E-state index contributed by atoms with van der Waals surface area (Å²) in [5.74, 6) is 0.804. The largest absolute Gasteiger partial charge is 0.496 e. The molecule has 3 rings (SSSR count). The topological polar surface area (TPSA) is 44.8 Å². The van der Waals surface area contributed by atoms with Gasteiger partial charge in [0.1, 0.15) is 5.75 Å². The molecule has 5 heteroatoms. The first-order chi connectivity index (χ1) is 13.2. The van der Waals surface area contributed by atoms with Crippen molar-refractivity contribution in [3.05, 3.63) is 59.7 Å². The van der Waals surface area contributed by atoms with Crippen LogP contribution in [0.4, 0.5) is 5.69 Å². The molecule has 5 nitrogen and oxygen atoms in total. The minimum atomic E-state index is 0.0397. The van der Waals surface area contributed by atoms with E-state index in [0.29, 0.717) is 13.0 Å². The first-order valence-electron chi connectivity index (χ1n) is 9.58. The number of nitrogens with zero attached hydrogens (tertiary/aromatic N) is 2. The molecule has 1 saturated heterocycles. The zero-order valence-electron chi connectivity index (χ0n) is 16.3. The van der Waals surface area contributed by atoms with E-state index in [0.717, 1.165) is 44.0 Å². The minimum Gasteiger partial charge on any atom is -0.496 e. The number of hydrogen-bond acceptors (Lipinski definition) is 4. The maximum Gasteiger partial charge on any atom is 0.224 e. The molecule has 2 aromatic carbocycles. The van der Waals surface area contributed by atoms with Gasteiger partial charge in [0.15, 0.2) is 0 Å². The lowest BCUT2D eigenvalue weighted by Gasteiger charge is -2.36. The highest BCUT2D eigenvalue weighted by molar-refractivity contribution is 5.79. The number of anilines is 1. The maximum atomic E-state index is 12.2. The zero-order chi connectivity index (χ0) is 19.1. The molecule has 2 aromatic rings. The summed E-state index contributed by atoms with van der Waals surface area (Å²) in [6.07, 6.45) is 0.352. The highest BCUT2D eigenvalue weighted by Gasteiger charge is 2.17. The smallest absolute Gasteiger partial charge is 0.224 e. The summed E-state index contributed by atoms with van der Waals surface area (Å²) < 4.78 is 5.31. The summed E-state index contributed by atoms with van der Waals surface area (Å²) in [6.45, 7) is 7.80. The van der Waals surface area contributed by atoms with E-state index in [1.165, 1.54) is 11.3 Å². The number of piperazine rings is 1. The van der Waals surface area contributed by atoms with Gasteiger partial charge in [-0.1, -0.05) is 30.3 Å². The molecule has 1 fully saturated rings. The van der Waals surface area contributed by atoms with Crippen molar-refractivity contribution in [2.45, 2.75) is 13.3 Å². The van der Waals surface area contributed by atoms with Crippen molar-refractivity contribution in [1.29, 1.82) is 0 Å². The standard InChI is InChI=1S/C22H29N3O2/c1-18-6-5-8-20(16-18)25-14-12-24(13-15-25)11-10-23-22(26)17-19-7-3-4-9-21(19)27-2/h3-9,16H,10-15,17H2,1-2H3,(H,23,26). The second-order valence-electron chi connectivity index (χ2n) is 7.01. The van der Waals surface area contributed by atoms with Crippen molar-refractivity contribution in [3.8, 4) is 5.75 Å². The van der Waals surface area contributed by atoms with Gasteiger partial charge in [-0.15, -0.1) is 0 Å². The van der Waals surface area contributed by atoms with E-state index in [-0.39, 0.29) is 5.91 Å². The van der Waals surface area contributed by atoms with Crippen molar-refractivity contribution in [2.24, 2.45) is 0 Å². The number of para-hydroxylation sites is 1. The Bertz CT molecular complexity index is 755. The Morgan fingerprint density at radius 1 is 1.07 bits per heavy atom. The van der Waals surface area contributed by atoms with Crippen LogP contribution in [-0.2, 0) is 11.2 Å². The van der Waals surface area contributed by atoms with Crippen LogP contribution in [0.5, 0.6) is 5.75 Å². The summed E-state index contributed by atoms with van der Waals surface area (Å²) in [6, 6.07) is 16.3. The molecule has 0 unspecified atom stereocenters. The van der Waals surface area contributed by atoms with Gasteiger partial charge in [0.2, 0.25) is 5.91 Å². The second-order valence-corrected chi connectivity index (χ2v) is 7.01. The van der Waals surface area contributed by atoms with Crippen LogP contribution in [-0.4, -0.2) is 57.2 Å². The van der Waals surface area contributed by atoms with Gasteiger partial charge in [0, 0.05) is 50.5 Å². The summed E-state index contributed by atoms with van der Waals surface area (Å²) >= 11 is 0. The molecule has 0 aromatic heterocycles. The molecule has 0 bridgehead atoms. The minimum absolute atomic E-state index is 0.0397. The van der Waals surface area contributed by atoms with Crippen LogP contribution in [0.3, 0.4) is 0 Å². The molecule has 27 heavy (non-hydrogen) atoms. The molecule has 0 spiro atoms. The van der Waals surface area contributed by atoms with Crippen LogP contribution in [0.1, 0.15) is 11.1 Å². The van der Waals surface area contributed by atoms with E-state index in [1.54, 1.807) is 7.11 Å². The quantitative estimate of drug-likeness (QED) is 0.817. The molecule has 1 heterocycles. The summed E-state index contributed by atoms with van der Waals surface area (Å²) in [5, 5.41) is 3.03. The Morgan fingerprint density at radius 2 is 1.85 bits per heavy atom. The lowest BCUT2D eigenvalue weighted by Crippen LogP contribution is -2.48. The predicted octanol–water partition coefficient (Wildman–Crippen LogP) is 2.48. The van der Waals surface area contributed by atoms with E-state index < -0.39 is 0 Å². The first-order valence-corrected chi connectivity index (χ1v) is 9.58. The van der Waals surface area contributed by atoms with Gasteiger partial charge in [-0.2, -0.15) is 0 Å². The Hall–Kier alpha value is -2.53. The van der Waals surface area contributed by atoms with Gasteiger partial charge >= 0.3 is 0 Å². The lowest BCUT2D eigenvalue weighted by molar-refractivity contribution is -0.120. The van der Waals surface area contributed by atoms with E-state index in [2.05, 4.69) is 46.3 Å². The molecule has 1 aliphatic rings. The number of carbonyl (C=O) groups is 1. The van der Waals surface area contributed by atoms with Gasteiger partial charge in [0.05, 0.1) is 13.5 Å². The van der Waals surface area contributed by atoms with Gasteiger partial charge in [-0.05, 0) is 30.7 Å². The highest BCUT2D eigenvalue weighted by atomic mass is 16.5. The Morgan fingerprint density at radius 3 is 2.59 bits per heavy atom. The molecule has 1 amide bonds. The van der Waals surface area contributed by atoms with Gasteiger partial charge in [-0.3, -0.25) is 9.69 Å². The Kier molecular flexibility index (Phi) is 6.71. The second kappa shape index (κ2) is 9.42. The number of aryl methyl sites for hydroxylation is 1. The SMILES string of the molecule is COc1ccccc1CC(=O)NCCN1CCN(c2cccc(C)c2)CC1. The fourth-order valence-corrected chi connectivity index (χ4v) is 3.49. The third-order valence-corrected chi connectivity index (χ3v) is 5.03. The van der Waals surface area contributed by atoms with Gasteiger partial charge < -0.3 is 15.0 Å². The third-order valence-electron chi connectivity index (χ3n) is 5.03. The van der Waals surface area contributed by atoms with E-state index in [9.17, 15) is 4.79 Å². The number of amides is 1. The summed E-state index contributed by atoms with van der Waals surface area (Å²) in [5.41, 5.74) is 3.52. The highest BCUT2D eigenvalue weighted by Crippen LogP contribution is 2.18. The molecule has 0 radical (unpaired) electrons. The lowest BCUT2D eigenvalue weighted by atomic mass is 10.1. The predicted molar refractivity (Wildman–Crippen MR) is 110 cm³/mol. The molecule has 0 saturated carbocycles. The van der Waals surface area contributed by atoms with Gasteiger partial charge in [0.25, 0.3) is 0 Å². The normalized spacial score (nSPS) is 14.8. The monoisotopic (exact) mass is 367 g/mol. The van der Waals surface area contributed by atoms with E-state index in [4.69, 9.17) is 4.74 Å². The Balaban J connectivity index is 1.38. The van der Waals surface area contributed by atoms with Crippen LogP contribution in [0.15, 0.2) is 48.5 Å². The fourth-order valence-electron chi connectivity index (χ4n) is 3.49. The van der Waals surface area contributed by atoms with Crippen molar-refractivity contribution >= 4 is 11.6 Å². The van der Waals surface area contributed by atoms with Crippen molar-refractivity contribution in [1.82, 2.24) is 10.2 Å². The zero-order valence-corrected chi connectivity index (χ0v) is 16.3. The van der Waals surface area contributed by atoms with Crippen LogP contribution < -0.4 is 15.0 Å². The Labute approximate surface area is 161 Å². The van der Waals surface area contributed by atoms with E-state index in [1.807, 2.05) is 24.3 Å².